The standard InChI is InChI=1S/C41H42F6N2O2/c42-40(43,44)37-31(48)13-7-15-35(37)50-33-19-17-27(23-29(33)25-9-1-2-10-25)39(21-5-6-22-39)28-18-20-34(30(24-28)26-11-3-4-12-26)51-36-16-8-14-32(49)38(36)41(45,46)47/h7-8,13-20,23-26H,1-6,9-12,21-22,48-49H2. The molecular formula is C41H42F6N2O2. The van der Waals surface area contributed by atoms with Gasteiger partial charge in [0.05, 0.1) is 0 Å². The molecule has 51 heavy (non-hydrogen) atoms. The van der Waals surface area contributed by atoms with Crippen molar-refractivity contribution in [3.8, 4) is 23.0 Å². The molecule has 3 aliphatic carbocycles. The molecule has 3 saturated carbocycles. The molecular weight excluding hydrogens is 666 g/mol. The predicted molar refractivity (Wildman–Crippen MR) is 186 cm³/mol. The highest BCUT2D eigenvalue weighted by atomic mass is 19.4. The fourth-order valence-electron chi connectivity index (χ4n) is 8.82. The van der Waals surface area contributed by atoms with Crippen molar-refractivity contribution in [3.05, 3.63) is 106 Å². The number of hydrogen-bond donors (Lipinski definition) is 2. The average molecular weight is 709 g/mol. The minimum atomic E-state index is -4.68. The smallest absolute Gasteiger partial charge is 0.421 e. The van der Waals surface area contributed by atoms with Crippen LogP contribution in [0.4, 0.5) is 37.7 Å². The Morgan fingerprint density at radius 2 is 0.902 bits per heavy atom. The zero-order valence-corrected chi connectivity index (χ0v) is 28.3. The summed E-state index contributed by atoms with van der Waals surface area (Å²) in [5, 5.41) is 0. The van der Waals surface area contributed by atoms with Gasteiger partial charge in [0.1, 0.15) is 34.1 Å². The lowest BCUT2D eigenvalue weighted by molar-refractivity contribution is -0.138. The molecule has 0 spiro atoms. The minimum Gasteiger partial charge on any atom is -0.456 e. The average Bonchev–Trinajstić information content (AvgIpc) is 3.88. The second-order valence-corrected chi connectivity index (χ2v) is 14.4. The Labute approximate surface area is 294 Å². The van der Waals surface area contributed by atoms with E-state index in [0.29, 0.717) is 11.5 Å². The fraction of sp³-hybridized carbons (Fsp3) is 0.415. The fourth-order valence-corrected chi connectivity index (χ4v) is 8.82. The predicted octanol–water partition coefficient (Wildman–Crippen LogP) is 12.6. The van der Waals surface area contributed by atoms with Crippen molar-refractivity contribution in [1.82, 2.24) is 0 Å². The van der Waals surface area contributed by atoms with Gasteiger partial charge in [0.15, 0.2) is 0 Å². The van der Waals surface area contributed by atoms with Crippen LogP contribution in [0.3, 0.4) is 0 Å². The van der Waals surface area contributed by atoms with E-state index in [4.69, 9.17) is 20.9 Å². The normalized spacial score (nSPS) is 18.4. The summed E-state index contributed by atoms with van der Waals surface area (Å²) in [7, 11) is 0. The molecule has 4 N–H and O–H groups in total. The number of nitrogen functional groups attached to an aromatic ring is 2. The summed E-state index contributed by atoms with van der Waals surface area (Å²) in [6.07, 6.45) is 2.11. The number of ether oxygens (including phenoxy) is 2. The zero-order chi connectivity index (χ0) is 36.0. The molecule has 4 aromatic rings. The first-order valence-corrected chi connectivity index (χ1v) is 17.9. The Balaban J connectivity index is 1.31. The first-order chi connectivity index (χ1) is 24.3. The molecule has 0 bridgehead atoms. The number of benzene rings is 4. The van der Waals surface area contributed by atoms with Gasteiger partial charge in [-0.05, 0) is 109 Å². The second-order valence-electron chi connectivity index (χ2n) is 14.4. The summed E-state index contributed by atoms with van der Waals surface area (Å²) >= 11 is 0. The lowest BCUT2D eigenvalue weighted by atomic mass is 9.71. The molecule has 3 aliphatic rings. The summed E-state index contributed by atoms with van der Waals surface area (Å²) in [5.74, 6) is 0.423. The molecule has 3 fully saturated rings. The lowest BCUT2D eigenvalue weighted by Crippen LogP contribution is -2.24. The highest BCUT2D eigenvalue weighted by Crippen LogP contribution is 2.53. The van der Waals surface area contributed by atoms with E-state index in [1.54, 1.807) is 12.1 Å². The summed E-state index contributed by atoms with van der Waals surface area (Å²) in [6, 6.07) is 19.8. The molecule has 0 atom stereocenters. The van der Waals surface area contributed by atoms with Gasteiger partial charge in [0.25, 0.3) is 0 Å². The lowest BCUT2D eigenvalue weighted by Gasteiger charge is -2.33. The maximum atomic E-state index is 14.1. The highest BCUT2D eigenvalue weighted by Gasteiger charge is 2.41. The van der Waals surface area contributed by atoms with Crippen molar-refractivity contribution in [1.29, 1.82) is 0 Å². The van der Waals surface area contributed by atoms with Crippen molar-refractivity contribution >= 4 is 11.4 Å². The summed E-state index contributed by atoms with van der Waals surface area (Å²) in [6.45, 7) is 0. The summed E-state index contributed by atoms with van der Waals surface area (Å²) < 4.78 is 96.7. The third-order valence-corrected chi connectivity index (χ3v) is 11.3. The number of alkyl halides is 6. The van der Waals surface area contributed by atoms with Gasteiger partial charge in [0, 0.05) is 16.8 Å². The number of rotatable bonds is 8. The van der Waals surface area contributed by atoms with Crippen LogP contribution in [0.15, 0.2) is 72.8 Å². The van der Waals surface area contributed by atoms with E-state index in [-0.39, 0.29) is 40.1 Å². The Kier molecular flexibility index (Phi) is 9.39. The minimum absolute atomic E-state index is 0.139. The van der Waals surface area contributed by atoms with Crippen LogP contribution in [0, 0.1) is 0 Å². The molecule has 4 nitrogen and oxygen atoms in total. The zero-order valence-electron chi connectivity index (χ0n) is 28.3. The van der Waals surface area contributed by atoms with Crippen LogP contribution in [0.2, 0.25) is 0 Å². The molecule has 270 valence electrons. The SMILES string of the molecule is Nc1cccc(Oc2ccc(C3(c4ccc(Oc5cccc(N)c5C(F)(F)F)c(C5CCCC5)c4)CCCC3)cc2C2CCCC2)c1C(F)(F)F. The molecule has 4 aromatic carbocycles. The second kappa shape index (κ2) is 13.7. The molecule has 0 amide bonds. The van der Waals surface area contributed by atoms with Crippen LogP contribution < -0.4 is 20.9 Å². The van der Waals surface area contributed by atoms with E-state index in [2.05, 4.69) is 12.1 Å². The number of halogens is 6. The van der Waals surface area contributed by atoms with E-state index in [1.165, 1.54) is 36.4 Å². The van der Waals surface area contributed by atoms with Crippen molar-refractivity contribution in [2.45, 2.75) is 107 Å². The Bertz CT molecular complexity index is 1750. The monoisotopic (exact) mass is 708 g/mol. The molecule has 7 rings (SSSR count). The Morgan fingerprint density at radius 1 is 0.510 bits per heavy atom. The van der Waals surface area contributed by atoms with Crippen molar-refractivity contribution < 1.29 is 35.8 Å². The van der Waals surface area contributed by atoms with E-state index in [9.17, 15) is 26.3 Å². The summed E-state index contributed by atoms with van der Waals surface area (Å²) in [5.41, 5.74) is 12.4. The third kappa shape index (κ3) is 6.86. The Hall–Kier alpha value is -4.34. The number of nitrogens with two attached hydrogens (primary N) is 2. The molecule has 0 aliphatic heterocycles. The molecule has 0 saturated heterocycles. The van der Waals surface area contributed by atoms with E-state index >= 15 is 0 Å². The van der Waals surface area contributed by atoms with Gasteiger partial charge >= 0.3 is 12.4 Å². The third-order valence-electron chi connectivity index (χ3n) is 11.3. The van der Waals surface area contributed by atoms with Crippen molar-refractivity contribution in [3.63, 3.8) is 0 Å². The number of anilines is 2. The van der Waals surface area contributed by atoms with Crippen molar-refractivity contribution in [2.24, 2.45) is 0 Å². The molecule has 0 heterocycles. The van der Waals surface area contributed by atoms with Crippen LogP contribution in [0.25, 0.3) is 0 Å². The van der Waals surface area contributed by atoms with Gasteiger partial charge in [-0.2, -0.15) is 26.3 Å². The van der Waals surface area contributed by atoms with Gasteiger partial charge in [-0.25, -0.2) is 0 Å². The van der Waals surface area contributed by atoms with Gasteiger partial charge < -0.3 is 20.9 Å². The maximum absolute atomic E-state index is 14.1. The van der Waals surface area contributed by atoms with Crippen molar-refractivity contribution in [2.75, 3.05) is 11.5 Å². The van der Waals surface area contributed by atoms with Crippen LogP contribution >= 0.6 is 0 Å². The topological polar surface area (TPSA) is 70.5 Å². The van der Waals surface area contributed by atoms with Gasteiger partial charge in [-0.1, -0.05) is 74.9 Å². The largest absolute Gasteiger partial charge is 0.456 e. The van der Waals surface area contributed by atoms with E-state index < -0.39 is 23.5 Å². The van der Waals surface area contributed by atoms with E-state index in [0.717, 1.165) is 99.3 Å². The molecule has 0 aromatic heterocycles. The summed E-state index contributed by atoms with van der Waals surface area (Å²) in [4.78, 5) is 0. The quantitative estimate of drug-likeness (QED) is 0.141. The van der Waals surface area contributed by atoms with Crippen LogP contribution in [0.1, 0.15) is 122 Å². The van der Waals surface area contributed by atoms with Gasteiger partial charge in [0.2, 0.25) is 0 Å². The highest BCUT2D eigenvalue weighted by molar-refractivity contribution is 5.59. The first kappa shape index (κ1) is 35.1. The Morgan fingerprint density at radius 3 is 1.27 bits per heavy atom. The van der Waals surface area contributed by atoms with Crippen LogP contribution in [-0.2, 0) is 17.8 Å². The molecule has 10 heteroatoms. The molecule has 0 unspecified atom stereocenters. The molecule has 0 radical (unpaired) electrons. The van der Waals surface area contributed by atoms with Crippen LogP contribution in [0.5, 0.6) is 23.0 Å². The van der Waals surface area contributed by atoms with E-state index in [1.807, 2.05) is 12.1 Å². The van der Waals surface area contributed by atoms with Gasteiger partial charge in [-0.15, -0.1) is 0 Å². The van der Waals surface area contributed by atoms with Gasteiger partial charge in [-0.3, -0.25) is 0 Å². The first-order valence-electron chi connectivity index (χ1n) is 17.9. The maximum Gasteiger partial charge on any atom is 0.421 e. The number of hydrogen-bond acceptors (Lipinski definition) is 4. The van der Waals surface area contributed by atoms with Crippen LogP contribution in [-0.4, -0.2) is 0 Å².